The van der Waals surface area contributed by atoms with Crippen molar-refractivity contribution in [1.29, 1.82) is 0 Å². The van der Waals surface area contributed by atoms with Crippen LogP contribution in [-0.4, -0.2) is 6.04 Å². The van der Waals surface area contributed by atoms with E-state index in [1.807, 2.05) is 50.2 Å². The van der Waals surface area contributed by atoms with Crippen molar-refractivity contribution in [2.24, 2.45) is 5.73 Å². The van der Waals surface area contributed by atoms with Gasteiger partial charge in [0.1, 0.15) is 16.9 Å². The third kappa shape index (κ3) is 3.70. The van der Waals surface area contributed by atoms with Crippen molar-refractivity contribution >= 4 is 23.2 Å². The molecule has 2 rings (SSSR count). The van der Waals surface area contributed by atoms with Crippen molar-refractivity contribution in [3.05, 3.63) is 63.6 Å². The van der Waals surface area contributed by atoms with Gasteiger partial charge in [0.15, 0.2) is 0 Å². The maximum atomic E-state index is 6.25. The molecule has 0 aliphatic rings. The molecule has 0 aliphatic heterocycles. The average molecular weight is 324 g/mol. The Labute approximate surface area is 135 Å². The zero-order chi connectivity index (χ0) is 15.4. The quantitative estimate of drug-likeness (QED) is 0.824. The molecule has 0 saturated carbocycles. The van der Waals surface area contributed by atoms with Crippen molar-refractivity contribution in [3.8, 4) is 5.75 Å². The molecule has 0 spiro atoms. The molecule has 0 heterocycles. The van der Waals surface area contributed by atoms with Crippen LogP contribution >= 0.6 is 23.2 Å². The first-order chi connectivity index (χ1) is 10.0. The van der Waals surface area contributed by atoms with Gasteiger partial charge in [-0.05, 0) is 36.6 Å². The summed E-state index contributed by atoms with van der Waals surface area (Å²) in [5, 5.41) is 0.892. The van der Waals surface area contributed by atoms with Crippen LogP contribution in [0.25, 0.3) is 0 Å². The molecular formula is C17H19Cl2NO. The number of hydrogen-bond donors (Lipinski definition) is 1. The molecule has 0 fully saturated rings. The molecule has 2 aromatic rings. The number of ether oxygens (including phenoxy) is 1. The Morgan fingerprint density at radius 2 is 1.81 bits per heavy atom. The summed E-state index contributed by atoms with van der Waals surface area (Å²) in [6.07, 6.45) is 0.546. The second kappa shape index (κ2) is 7.17. The van der Waals surface area contributed by atoms with Gasteiger partial charge in [-0.3, -0.25) is 0 Å². The molecule has 21 heavy (non-hydrogen) atoms. The van der Waals surface area contributed by atoms with E-state index in [1.165, 1.54) is 0 Å². The number of rotatable bonds is 5. The van der Waals surface area contributed by atoms with Gasteiger partial charge in [-0.2, -0.15) is 0 Å². The topological polar surface area (TPSA) is 35.2 Å². The lowest BCUT2D eigenvalue weighted by Gasteiger charge is -2.26. The molecule has 2 atom stereocenters. The van der Waals surface area contributed by atoms with E-state index in [4.69, 9.17) is 33.7 Å². The molecule has 112 valence electrons. The molecule has 0 radical (unpaired) electrons. The van der Waals surface area contributed by atoms with Crippen molar-refractivity contribution in [2.75, 3.05) is 0 Å². The fourth-order valence-corrected chi connectivity index (χ4v) is 2.55. The SMILES string of the molecule is CCC(N)C(Oc1cccc(Cl)c1Cl)c1ccccc1C. The molecule has 0 bridgehead atoms. The molecule has 0 amide bonds. The van der Waals surface area contributed by atoms with Crippen molar-refractivity contribution < 1.29 is 4.74 Å². The van der Waals surface area contributed by atoms with Crippen LogP contribution in [0.5, 0.6) is 5.75 Å². The van der Waals surface area contributed by atoms with Crippen LogP contribution in [0.1, 0.15) is 30.6 Å². The smallest absolute Gasteiger partial charge is 0.140 e. The molecule has 0 saturated heterocycles. The van der Waals surface area contributed by atoms with Gasteiger partial charge in [0.2, 0.25) is 0 Å². The summed E-state index contributed by atoms with van der Waals surface area (Å²) in [6.45, 7) is 4.09. The maximum absolute atomic E-state index is 6.25. The highest BCUT2D eigenvalue weighted by Crippen LogP contribution is 2.36. The predicted octanol–water partition coefficient (Wildman–Crippen LogP) is 5.16. The number of benzene rings is 2. The van der Waals surface area contributed by atoms with Crippen molar-refractivity contribution in [2.45, 2.75) is 32.4 Å². The first-order valence-electron chi connectivity index (χ1n) is 6.96. The largest absolute Gasteiger partial charge is 0.482 e. The first kappa shape index (κ1) is 16.2. The molecule has 2 nitrogen and oxygen atoms in total. The lowest BCUT2D eigenvalue weighted by molar-refractivity contribution is 0.170. The van der Waals surface area contributed by atoms with Gasteiger partial charge in [-0.1, -0.05) is 60.5 Å². The van der Waals surface area contributed by atoms with Crippen LogP contribution in [0.2, 0.25) is 10.0 Å². The molecular weight excluding hydrogens is 305 g/mol. The van der Waals surface area contributed by atoms with E-state index in [0.717, 1.165) is 17.5 Å². The number of halogens is 2. The summed E-state index contributed by atoms with van der Waals surface area (Å²) in [4.78, 5) is 0. The Morgan fingerprint density at radius 1 is 1.10 bits per heavy atom. The predicted molar refractivity (Wildman–Crippen MR) is 89.3 cm³/mol. The minimum Gasteiger partial charge on any atom is -0.482 e. The van der Waals surface area contributed by atoms with E-state index in [0.29, 0.717) is 15.8 Å². The minimum atomic E-state index is -0.257. The lowest BCUT2D eigenvalue weighted by Crippen LogP contribution is -2.32. The first-order valence-corrected chi connectivity index (χ1v) is 7.72. The van der Waals surface area contributed by atoms with Gasteiger partial charge < -0.3 is 10.5 Å². The highest BCUT2D eigenvalue weighted by Gasteiger charge is 2.23. The van der Waals surface area contributed by atoms with Crippen LogP contribution in [0.4, 0.5) is 0 Å². The molecule has 2 aromatic carbocycles. The minimum absolute atomic E-state index is 0.124. The van der Waals surface area contributed by atoms with Crippen LogP contribution in [0.3, 0.4) is 0 Å². The zero-order valence-corrected chi connectivity index (χ0v) is 13.7. The summed E-state index contributed by atoms with van der Waals surface area (Å²) in [5.74, 6) is 0.557. The van der Waals surface area contributed by atoms with E-state index in [2.05, 4.69) is 0 Å². The normalized spacial score (nSPS) is 13.8. The number of hydrogen-bond acceptors (Lipinski definition) is 2. The third-order valence-corrected chi connectivity index (χ3v) is 4.33. The van der Waals surface area contributed by atoms with Gasteiger partial charge in [-0.25, -0.2) is 0 Å². The number of aryl methyl sites for hydroxylation is 1. The Bertz CT molecular complexity index is 615. The van der Waals surface area contributed by atoms with Gasteiger partial charge in [-0.15, -0.1) is 0 Å². The van der Waals surface area contributed by atoms with E-state index in [-0.39, 0.29) is 12.1 Å². The van der Waals surface area contributed by atoms with Gasteiger partial charge in [0.05, 0.1) is 5.02 Å². The van der Waals surface area contributed by atoms with E-state index < -0.39 is 0 Å². The molecule has 4 heteroatoms. The van der Waals surface area contributed by atoms with Gasteiger partial charge in [0, 0.05) is 6.04 Å². The highest BCUT2D eigenvalue weighted by molar-refractivity contribution is 6.42. The van der Waals surface area contributed by atoms with Gasteiger partial charge in [0.25, 0.3) is 0 Å². The van der Waals surface area contributed by atoms with E-state index >= 15 is 0 Å². The summed E-state index contributed by atoms with van der Waals surface area (Å²) >= 11 is 12.3. The standard InChI is InChI=1S/C17H19Cl2NO/c1-3-14(20)17(12-8-5-4-7-11(12)2)21-15-10-6-9-13(18)16(15)19/h4-10,14,17H,3,20H2,1-2H3. The van der Waals surface area contributed by atoms with Crippen LogP contribution in [0.15, 0.2) is 42.5 Å². The van der Waals surface area contributed by atoms with Crippen LogP contribution in [0, 0.1) is 6.92 Å². The van der Waals surface area contributed by atoms with Crippen LogP contribution < -0.4 is 10.5 Å². The van der Waals surface area contributed by atoms with Crippen molar-refractivity contribution in [3.63, 3.8) is 0 Å². The van der Waals surface area contributed by atoms with Gasteiger partial charge >= 0.3 is 0 Å². The molecule has 0 aliphatic carbocycles. The highest BCUT2D eigenvalue weighted by atomic mass is 35.5. The second-order valence-corrected chi connectivity index (χ2v) is 5.80. The fourth-order valence-electron chi connectivity index (χ4n) is 2.21. The number of nitrogens with two attached hydrogens (primary N) is 1. The average Bonchev–Trinajstić information content (AvgIpc) is 2.49. The molecule has 2 N–H and O–H groups in total. The third-order valence-electron chi connectivity index (χ3n) is 3.53. The maximum Gasteiger partial charge on any atom is 0.140 e. The summed E-state index contributed by atoms with van der Waals surface area (Å²) in [6, 6.07) is 13.3. The van der Waals surface area contributed by atoms with E-state index in [9.17, 15) is 0 Å². The summed E-state index contributed by atoms with van der Waals surface area (Å²) in [7, 11) is 0. The Morgan fingerprint density at radius 3 is 2.48 bits per heavy atom. The summed E-state index contributed by atoms with van der Waals surface area (Å²) < 4.78 is 6.10. The Hall–Kier alpha value is -1.22. The Kier molecular flexibility index (Phi) is 5.51. The van der Waals surface area contributed by atoms with E-state index in [1.54, 1.807) is 6.07 Å². The Balaban J connectivity index is 2.38. The lowest BCUT2D eigenvalue weighted by atomic mass is 9.97. The molecule has 0 aromatic heterocycles. The van der Waals surface area contributed by atoms with Crippen LogP contribution in [-0.2, 0) is 0 Å². The molecule has 2 unspecified atom stereocenters. The zero-order valence-electron chi connectivity index (χ0n) is 12.1. The van der Waals surface area contributed by atoms with Crippen molar-refractivity contribution in [1.82, 2.24) is 0 Å². The fraction of sp³-hybridized carbons (Fsp3) is 0.294. The summed E-state index contributed by atoms with van der Waals surface area (Å²) in [5.41, 5.74) is 8.47. The monoisotopic (exact) mass is 323 g/mol. The second-order valence-electron chi connectivity index (χ2n) is 5.02.